The molecule has 2 aromatic heterocycles. The number of carbonyl (C=O) groups is 1. The smallest absolute Gasteiger partial charge is 0.271 e. The summed E-state index contributed by atoms with van der Waals surface area (Å²) < 4.78 is 1.87. The number of hydrogen-bond donors (Lipinski definition) is 0. The SMILES string of the molecule is Cc1ccc([N+](=O)[O-])cc1N1C2=C(C(=O)CC(C)(C)C2)[C@@H](c2cccs2)C(C#N)=C1n1cccc1. The average molecular weight is 485 g/mol. The summed E-state index contributed by atoms with van der Waals surface area (Å²) in [4.78, 5) is 27.8. The van der Waals surface area contributed by atoms with Gasteiger partial charge in [-0.05, 0) is 47.9 Å². The third-order valence-corrected chi connectivity index (χ3v) is 7.58. The number of allylic oxidation sites excluding steroid dienone is 3. The van der Waals surface area contributed by atoms with Crippen molar-refractivity contribution in [2.45, 2.75) is 39.5 Å². The number of nitro benzene ring substituents is 1. The van der Waals surface area contributed by atoms with E-state index in [1.165, 1.54) is 23.5 Å². The van der Waals surface area contributed by atoms with Crippen LogP contribution >= 0.6 is 11.3 Å². The van der Waals surface area contributed by atoms with Gasteiger partial charge >= 0.3 is 0 Å². The van der Waals surface area contributed by atoms with E-state index in [1.54, 1.807) is 6.07 Å². The Hall–Kier alpha value is -3.96. The second-order valence-electron chi connectivity index (χ2n) is 9.75. The fourth-order valence-corrected chi connectivity index (χ4v) is 5.99. The molecule has 2 aliphatic rings. The van der Waals surface area contributed by atoms with E-state index in [0.717, 1.165) is 16.1 Å². The Labute approximate surface area is 207 Å². The van der Waals surface area contributed by atoms with Crippen LogP contribution in [0.1, 0.15) is 43.0 Å². The van der Waals surface area contributed by atoms with E-state index in [-0.39, 0.29) is 16.9 Å². The zero-order valence-electron chi connectivity index (χ0n) is 19.7. The third-order valence-electron chi connectivity index (χ3n) is 6.64. The first kappa shape index (κ1) is 22.8. The van der Waals surface area contributed by atoms with Crippen molar-refractivity contribution >= 4 is 34.3 Å². The molecule has 1 aliphatic carbocycles. The van der Waals surface area contributed by atoms with E-state index >= 15 is 0 Å². The van der Waals surface area contributed by atoms with Crippen LogP contribution in [0.3, 0.4) is 0 Å². The second kappa shape index (κ2) is 8.36. The molecule has 0 saturated carbocycles. The maximum atomic E-state index is 13.7. The number of benzene rings is 1. The Morgan fingerprint density at radius 3 is 2.54 bits per heavy atom. The fraction of sp³-hybridized carbons (Fsp3) is 0.259. The number of nitro groups is 1. The van der Waals surface area contributed by atoms with Crippen LogP contribution in [-0.2, 0) is 4.79 Å². The average Bonchev–Trinajstić information content (AvgIpc) is 3.51. The highest BCUT2D eigenvalue weighted by atomic mass is 32.1. The van der Waals surface area contributed by atoms with Gasteiger partial charge in [0.15, 0.2) is 5.78 Å². The van der Waals surface area contributed by atoms with E-state index < -0.39 is 10.8 Å². The van der Waals surface area contributed by atoms with Gasteiger partial charge in [-0.1, -0.05) is 26.0 Å². The monoisotopic (exact) mass is 484 g/mol. The molecule has 3 aromatic rings. The van der Waals surface area contributed by atoms with Crippen LogP contribution in [0, 0.1) is 33.8 Å². The van der Waals surface area contributed by atoms with Gasteiger partial charge in [-0.15, -0.1) is 11.3 Å². The summed E-state index contributed by atoms with van der Waals surface area (Å²) in [6.07, 6.45) is 4.70. The summed E-state index contributed by atoms with van der Waals surface area (Å²) in [5, 5.41) is 24.1. The largest absolute Gasteiger partial charge is 0.309 e. The summed E-state index contributed by atoms with van der Waals surface area (Å²) in [7, 11) is 0. The number of aryl methyl sites for hydroxylation is 1. The highest BCUT2D eigenvalue weighted by Gasteiger charge is 2.46. The molecule has 0 spiro atoms. The standard InChI is InChI=1S/C27H24N4O3S/c1-17-8-9-18(31(33)34)13-20(17)30-21-14-27(2,3)15-22(32)25(21)24(23-7-6-12-35-23)19(16-28)26(30)29-10-4-5-11-29/h4-13,24H,14-15H2,1-3H3/t24-/m1/s1. The van der Waals surface area contributed by atoms with Crippen LogP contribution in [0.5, 0.6) is 0 Å². The van der Waals surface area contributed by atoms with Crippen molar-refractivity contribution in [2.24, 2.45) is 5.41 Å². The van der Waals surface area contributed by atoms with Crippen molar-refractivity contribution < 1.29 is 9.72 Å². The lowest BCUT2D eigenvalue weighted by atomic mass is 9.69. The van der Waals surface area contributed by atoms with Crippen molar-refractivity contribution in [3.63, 3.8) is 0 Å². The van der Waals surface area contributed by atoms with E-state index in [9.17, 15) is 20.2 Å². The van der Waals surface area contributed by atoms with Gasteiger partial charge in [0.1, 0.15) is 5.82 Å². The molecule has 0 amide bonds. The maximum absolute atomic E-state index is 13.7. The van der Waals surface area contributed by atoms with Crippen molar-refractivity contribution in [1.29, 1.82) is 5.26 Å². The lowest BCUT2D eigenvalue weighted by molar-refractivity contribution is -0.384. The van der Waals surface area contributed by atoms with E-state index in [2.05, 4.69) is 19.9 Å². The van der Waals surface area contributed by atoms with Crippen LogP contribution in [-0.4, -0.2) is 15.3 Å². The number of anilines is 1. The van der Waals surface area contributed by atoms with Crippen molar-refractivity contribution in [3.05, 3.63) is 97.6 Å². The minimum absolute atomic E-state index is 0.0158. The van der Waals surface area contributed by atoms with Crippen LogP contribution in [0.25, 0.3) is 5.82 Å². The number of carbonyl (C=O) groups excluding carboxylic acids is 1. The molecule has 176 valence electrons. The minimum Gasteiger partial charge on any atom is -0.309 e. The predicted octanol–water partition coefficient (Wildman–Crippen LogP) is 6.41. The number of rotatable bonds is 4. The first-order valence-corrected chi connectivity index (χ1v) is 12.2. The summed E-state index contributed by atoms with van der Waals surface area (Å²) in [5.41, 5.74) is 2.93. The van der Waals surface area contributed by atoms with Crippen molar-refractivity contribution in [1.82, 2.24) is 4.57 Å². The lowest BCUT2D eigenvalue weighted by Gasteiger charge is -2.45. The van der Waals surface area contributed by atoms with Gasteiger partial charge in [-0.25, -0.2) is 0 Å². The Morgan fingerprint density at radius 2 is 1.91 bits per heavy atom. The quantitative estimate of drug-likeness (QED) is 0.315. The Bertz CT molecular complexity index is 1440. The van der Waals surface area contributed by atoms with Gasteiger partial charge in [0, 0.05) is 47.1 Å². The highest BCUT2D eigenvalue weighted by molar-refractivity contribution is 7.10. The molecule has 1 atom stereocenters. The fourth-order valence-electron chi connectivity index (χ4n) is 5.15. The summed E-state index contributed by atoms with van der Waals surface area (Å²) >= 11 is 1.52. The molecule has 1 aromatic carbocycles. The molecular formula is C27H24N4O3S. The van der Waals surface area contributed by atoms with Gasteiger partial charge in [-0.2, -0.15) is 5.26 Å². The highest BCUT2D eigenvalue weighted by Crippen LogP contribution is 2.53. The molecule has 8 heteroatoms. The molecule has 35 heavy (non-hydrogen) atoms. The Balaban J connectivity index is 1.89. The molecule has 0 N–H and O–H groups in total. The molecule has 0 radical (unpaired) electrons. The minimum atomic E-state index is -0.480. The molecule has 0 unspecified atom stereocenters. The second-order valence-corrected chi connectivity index (χ2v) is 10.7. The molecule has 1 aliphatic heterocycles. The first-order valence-electron chi connectivity index (χ1n) is 11.3. The third kappa shape index (κ3) is 3.78. The number of hydrogen-bond acceptors (Lipinski definition) is 6. The van der Waals surface area contributed by atoms with Gasteiger partial charge in [0.2, 0.25) is 0 Å². The van der Waals surface area contributed by atoms with Crippen LogP contribution in [0.4, 0.5) is 11.4 Å². The van der Waals surface area contributed by atoms with Crippen molar-refractivity contribution in [3.8, 4) is 6.07 Å². The number of thiophene rings is 1. The molecule has 0 bridgehead atoms. The normalized spacial score (nSPS) is 19.5. The summed E-state index contributed by atoms with van der Waals surface area (Å²) in [6.45, 7) is 6.01. The van der Waals surface area contributed by atoms with Gasteiger partial charge in [0.25, 0.3) is 5.69 Å². The molecule has 5 rings (SSSR count). The maximum Gasteiger partial charge on any atom is 0.271 e. The number of non-ortho nitro benzene ring substituents is 1. The Morgan fingerprint density at radius 1 is 1.17 bits per heavy atom. The number of aromatic nitrogens is 1. The van der Waals surface area contributed by atoms with Crippen LogP contribution < -0.4 is 4.90 Å². The number of nitriles is 1. The first-order chi connectivity index (χ1) is 16.7. The predicted molar refractivity (Wildman–Crippen MR) is 136 cm³/mol. The molecular weight excluding hydrogens is 460 g/mol. The summed E-state index contributed by atoms with van der Waals surface area (Å²) in [5.74, 6) is 0.136. The zero-order valence-corrected chi connectivity index (χ0v) is 20.5. The molecule has 7 nitrogen and oxygen atoms in total. The van der Waals surface area contributed by atoms with Gasteiger partial charge < -0.3 is 4.57 Å². The van der Waals surface area contributed by atoms with Crippen molar-refractivity contribution in [2.75, 3.05) is 4.90 Å². The van der Waals surface area contributed by atoms with E-state index in [0.29, 0.717) is 35.5 Å². The van der Waals surface area contributed by atoms with E-state index in [4.69, 9.17) is 0 Å². The van der Waals surface area contributed by atoms with E-state index in [1.807, 2.05) is 58.4 Å². The Kier molecular flexibility index (Phi) is 5.45. The van der Waals surface area contributed by atoms with Gasteiger partial charge in [0.05, 0.1) is 28.2 Å². The number of ketones is 1. The van der Waals surface area contributed by atoms with Crippen LogP contribution in [0.2, 0.25) is 0 Å². The summed E-state index contributed by atoms with van der Waals surface area (Å²) in [6, 6.07) is 14.8. The molecule has 0 fully saturated rings. The molecule has 0 saturated heterocycles. The molecule has 3 heterocycles. The topological polar surface area (TPSA) is 92.2 Å². The zero-order chi connectivity index (χ0) is 24.9. The van der Waals surface area contributed by atoms with Crippen LogP contribution in [0.15, 0.2) is 77.1 Å². The number of Topliss-reactive ketones (excluding diaryl/α,β-unsaturated/α-hetero) is 1. The van der Waals surface area contributed by atoms with Gasteiger partial charge in [-0.3, -0.25) is 19.8 Å². The number of nitrogens with zero attached hydrogens (tertiary/aromatic N) is 4. The lowest BCUT2D eigenvalue weighted by Crippen LogP contribution is -2.40.